The van der Waals surface area contributed by atoms with Crippen molar-refractivity contribution in [1.29, 1.82) is 0 Å². The predicted molar refractivity (Wildman–Crippen MR) is 72.7 cm³/mol. The molecule has 0 aliphatic heterocycles. The van der Waals surface area contributed by atoms with Crippen LogP contribution in [0.1, 0.15) is 26.7 Å². The summed E-state index contributed by atoms with van der Waals surface area (Å²) in [6, 6.07) is 0. The van der Waals surface area contributed by atoms with E-state index < -0.39 is 11.8 Å². The molecule has 0 radical (unpaired) electrons. The number of hydrogen-bond donors (Lipinski definition) is 1. The molecule has 1 amide bonds. The van der Waals surface area contributed by atoms with Gasteiger partial charge in [-0.3, -0.25) is 4.79 Å². The molecule has 0 saturated heterocycles. The Bertz CT molecular complexity index is 338. The number of oxime groups is 1. The Morgan fingerprint density at radius 2 is 2.21 bits per heavy atom. The minimum absolute atomic E-state index is 0.0417. The molecule has 0 bridgehead atoms. The quantitative estimate of drug-likeness (QED) is 0.403. The summed E-state index contributed by atoms with van der Waals surface area (Å²) in [5.41, 5.74) is 0.254. The molecule has 1 atom stereocenters. The maximum Gasteiger partial charge on any atom is 0.269 e. The van der Waals surface area contributed by atoms with Crippen molar-refractivity contribution in [2.75, 3.05) is 24.7 Å². The highest BCUT2D eigenvalue weighted by molar-refractivity contribution is 8.00. The van der Waals surface area contributed by atoms with Crippen LogP contribution < -0.4 is 5.32 Å². The van der Waals surface area contributed by atoms with Gasteiger partial charge in [0.2, 0.25) is 0 Å². The highest BCUT2D eigenvalue weighted by atomic mass is 32.2. The molecular weight excluding hydrogens is 274 g/mol. The summed E-state index contributed by atoms with van der Waals surface area (Å²) < 4.78 is 25.4. The molecule has 1 aliphatic rings. The average Bonchev–Trinajstić information content (AvgIpc) is 2.95. The van der Waals surface area contributed by atoms with Gasteiger partial charge in [0, 0.05) is 30.4 Å². The first kappa shape index (κ1) is 16.2. The first-order chi connectivity index (χ1) is 9.01. The summed E-state index contributed by atoms with van der Waals surface area (Å²) in [6.07, 6.45) is 0.758. The van der Waals surface area contributed by atoms with Crippen molar-refractivity contribution in [1.82, 2.24) is 5.32 Å². The monoisotopic (exact) mass is 294 g/mol. The van der Waals surface area contributed by atoms with Gasteiger partial charge < -0.3 is 10.2 Å². The summed E-state index contributed by atoms with van der Waals surface area (Å²) in [5.74, 6) is -2.71. The zero-order valence-corrected chi connectivity index (χ0v) is 12.1. The van der Waals surface area contributed by atoms with E-state index in [1.807, 2.05) is 6.92 Å². The van der Waals surface area contributed by atoms with E-state index in [1.54, 1.807) is 6.92 Å². The Morgan fingerprint density at radius 3 is 2.74 bits per heavy atom. The van der Waals surface area contributed by atoms with E-state index in [0.717, 1.165) is 6.42 Å². The van der Waals surface area contributed by atoms with Crippen molar-refractivity contribution in [3.05, 3.63) is 0 Å². The summed E-state index contributed by atoms with van der Waals surface area (Å²) in [7, 11) is 0. The third-order valence-electron chi connectivity index (χ3n) is 2.58. The molecule has 0 spiro atoms. The Hall–Kier alpha value is -0.850. The fraction of sp³-hybridized carbons (Fsp3) is 0.833. The lowest BCUT2D eigenvalue weighted by Gasteiger charge is -2.06. The Kier molecular flexibility index (Phi) is 6.54. The summed E-state index contributed by atoms with van der Waals surface area (Å²) in [6.45, 7) is 4.68. The molecule has 1 aliphatic carbocycles. The van der Waals surface area contributed by atoms with Gasteiger partial charge >= 0.3 is 0 Å². The van der Waals surface area contributed by atoms with Crippen LogP contribution in [0, 0.1) is 5.92 Å². The molecule has 1 N–H and O–H groups in total. The van der Waals surface area contributed by atoms with Gasteiger partial charge in [-0.15, -0.1) is 0 Å². The van der Waals surface area contributed by atoms with Crippen LogP contribution in [-0.4, -0.2) is 42.2 Å². The maximum absolute atomic E-state index is 12.7. The van der Waals surface area contributed by atoms with Crippen molar-refractivity contribution in [3.63, 3.8) is 0 Å². The van der Waals surface area contributed by atoms with Crippen molar-refractivity contribution >= 4 is 23.4 Å². The van der Waals surface area contributed by atoms with E-state index in [0.29, 0.717) is 24.7 Å². The topological polar surface area (TPSA) is 50.7 Å². The molecule has 0 aromatic carbocycles. The molecule has 110 valence electrons. The Morgan fingerprint density at radius 1 is 1.53 bits per heavy atom. The predicted octanol–water partition coefficient (Wildman–Crippen LogP) is 2.29. The van der Waals surface area contributed by atoms with Crippen LogP contribution >= 0.6 is 11.8 Å². The van der Waals surface area contributed by atoms with Crippen LogP contribution in [0.2, 0.25) is 0 Å². The second-order valence-corrected chi connectivity index (χ2v) is 5.44. The molecule has 0 aromatic rings. The van der Waals surface area contributed by atoms with Gasteiger partial charge in [0.05, 0.1) is 0 Å². The minimum Gasteiger partial charge on any atom is -0.395 e. The van der Waals surface area contributed by atoms with Crippen molar-refractivity contribution in [2.45, 2.75) is 32.6 Å². The van der Waals surface area contributed by atoms with Crippen LogP contribution in [-0.2, 0) is 9.63 Å². The van der Waals surface area contributed by atoms with Gasteiger partial charge in [0.25, 0.3) is 11.8 Å². The van der Waals surface area contributed by atoms with Gasteiger partial charge in [-0.05, 0) is 13.3 Å². The van der Waals surface area contributed by atoms with Crippen molar-refractivity contribution < 1.29 is 18.4 Å². The van der Waals surface area contributed by atoms with Crippen LogP contribution in [0.4, 0.5) is 8.78 Å². The van der Waals surface area contributed by atoms with E-state index in [1.165, 1.54) is 11.8 Å². The second kappa shape index (κ2) is 7.67. The standard InChI is InChI=1S/C12H20F2N2O2S/c1-3-5-18-16-10(11(17)15-4-2)8-19-7-9-6-12(9,13)14/h9H,3-8H2,1-2H3,(H,15,17). The van der Waals surface area contributed by atoms with Crippen molar-refractivity contribution in [2.24, 2.45) is 11.1 Å². The number of thioether (sulfide) groups is 1. The third-order valence-corrected chi connectivity index (χ3v) is 3.70. The van der Waals surface area contributed by atoms with Crippen LogP contribution in [0.5, 0.6) is 0 Å². The molecule has 1 saturated carbocycles. The third kappa shape index (κ3) is 5.76. The molecule has 0 aromatic heterocycles. The minimum atomic E-state index is -2.51. The lowest BCUT2D eigenvalue weighted by atomic mass is 10.4. The first-order valence-corrected chi connectivity index (χ1v) is 7.59. The SMILES string of the molecule is CCCON=C(CSCC1CC1(F)F)C(=O)NCC. The van der Waals surface area contributed by atoms with E-state index in [-0.39, 0.29) is 18.0 Å². The van der Waals surface area contributed by atoms with Crippen LogP contribution in [0.15, 0.2) is 5.16 Å². The van der Waals surface area contributed by atoms with Gasteiger partial charge in [-0.1, -0.05) is 12.1 Å². The smallest absolute Gasteiger partial charge is 0.269 e. The summed E-state index contributed by atoms with van der Waals surface area (Å²) in [5, 5.41) is 6.41. The molecule has 1 fully saturated rings. The van der Waals surface area contributed by atoms with Crippen LogP contribution in [0.25, 0.3) is 0 Å². The summed E-state index contributed by atoms with van der Waals surface area (Å²) >= 11 is 1.29. The fourth-order valence-electron chi connectivity index (χ4n) is 1.36. The average molecular weight is 294 g/mol. The number of alkyl halides is 2. The number of nitrogens with one attached hydrogen (secondary N) is 1. The van der Waals surface area contributed by atoms with E-state index in [4.69, 9.17) is 4.84 Å². The molecule has 0 heterocycles. The maximum atomic E-state index is 12.7. The molecule has 19 heavy (non-hydrogen) atoms. The number of halogens is 2. The van der Waals surface area contributed by atoms with Gasteiger partial charge in [-0.25, -0.2) is 8.78 Å². The number of rotatable bonds is 9. The normalized spacial score (nSPS) is 21.1. The second-order valence-electron chi connectivity index (χ2n) is 4.41. The lowest BCUT2D eigenvalue weighted by Crippen LogP contribution is -2.32. The zero-order valence-electron chi connectivity index (χ0n) is 11.2. The van der Waals surface area contributed by atoms with E-state index in [2.05, 4.69) is 10.5 Å². The highest BCUT2D eigenvalue weighted by Crippen LogP contribution is 2.49. The molecule has 1 rings (SSSR count). The summed E-state index contributed by atoms with van der Waals surface area (Å²) in [4.78, 5) is 16.7. The number of carbonyl (C=O) groups excluding carboxylic acids is 1. The van der Waals surface area contributed by atoms with Crippen LogP contribution in [0.3, 0.4) is 0 Å². The number of amides is 1. The number of carbonyl (C=O) groups is 1. The van der Waals surface area contributed by atoms with Crippen molar-refractivity contribution in [3.8, 4) is 0 Å². The zero-order chi connectivity index (χ0) is 14.3. The molecular formula is C12H20F2N2O2S. The van der Waals surface area contributed by atoms with Gasteiger partial charge in [-0.2, -0.15) is 11.8 Å². The van der Waals surface area contributed by atoms with Gasteiger partial charge in [0.15, 0.2) is 5.71 Å². The molecule has 4 nitrogen and oxygen atoms in total. The molecule has 1 unspecified atom stereocenters. The highest BCUT2D eigenvalue weighted by Gasteiger charge is 2.56. The largest absolute Gasteiger partial charge is 0.395 e. The lowest BCUT2D eigenvalue weighted by molar-refractivity contribution is -0.114. The van der Waals surface area contributed by atoms with E-state index >= 15 is 0 Å². The Labute approximate surface area is 116 Å². The Balaban J connectivity index is 2.35. The fourth-order valence-corrected chi connectivity index (χ4v) is 2.50. The van der Waals surface area contributed by atoms with E-state index in [9.17, 15) is 13.6 Å². The first-order valence-electron chi connectivity index (χ1n) is 6.43. The number of hydrogen-bond acceptors (Lipinski definition) is 4. The number of nitrogens with zero attached hydrogens (tertiary/aromatic N) is 1. The molecule has 7 heteroatoms. The van der Waals surface area contributed by atoms with Gasteiger partial charge in [0.1, 0.15) is 6.61 Å².